The molecule has 4 aromatic rings. The molecule has 9 atom stereocenters. The minimum Gasteiger partial charge on any atom is -0.0805 e. The maximum Gasteiger partial charge on any atom is 0.0276 e. The van der Waals surface area contributed by atoms with Crippen LogP contribution in [-0.2, 0) is 0 Å². The Morgan fingerprint density at radius 1 is 0.655 bits per heavy atom. The number of benzene rings is 4. The van der Waals surface area contributed by atoms with E-state index in [1.807, 2.05) is 0 Å². The van der Waals surface area contributed by atoms with Crippen molar-refractivity contribution in [1.29, 1.82) is 0 Å². The first-order valence-corrected chi connectivity index (χ1v) is 21.1. The van der Waals surface area contributed by atoms with Crippen molar-refractivity contribution in [3.63, 3.8) is 0 Å². The Bertz CT molecular complexity index is 2560. The summed E-state index contributed by atoms with van der Waals surface area (Å²) in [5.41, 5.74) is 9.77. The summed E-state index contributed by atoms with van der Waals surface area (Å²) in [6.07, 6.45) is 31.2. The minimum absolute atomic E-state index is 0.0125. The van der Waals surface area contributed by atoms with Crippen LogP contribution in [0, 0.1) is 43.8 Å². The van der Waals surface area contributed by atoms with Gasteiger partial charge in [-0.2, -0.15) is 0 Å². The number of allylic oxidation sites excluding steroid dienone is 13. The summed E-state index contributed by atoms with van der Waals surface area (Å²) in [6, 6.07) is 27.7. The van der Waals surface area contributed by atoms with Gasteiger partial charge in [-0.05, 0) is 86.4 Å². The maximum atomic E-state index is 2.75. The molecule has 6 aliphatic carbocycles. The molecule has 0 saturated heterocycles. The molecule has 9 unspecified atom stereocenters. The van der Waals surface area contributed by atoms with Gasteiger partial charge in [-0.25, -0.2) is 0 Å². The van der Waals surface area contributed by atoms with Crippen LogP contribution in [0.2, 0.25) is 0 Å². The molecular formula is C55H58. The quantitative estimate of drug-likeness (QED) is 0.184. The Hall–Kier alpha value is -4.42. The van der Waals surface area contributed by atoms with E-state index in [1.165, 1.54) is 50.2 Å². The van der Waals surface area contributed by atoms with Gasteiger partial charge in [-0.1, -0.05) is 212 Å². The second kappa shape index (κ2) is 11.1. The van der Waals surface area contributed by atoms with Crippen molar-refractivity contribution in [2.24, 2.45) is 43.8 Å². The van der Waals surface area contributed by atoms with Gasteiger partial charge in [-0.15, -0.1) is 0 Å². The lowest BCUT2D eigenvalue weighted by atomic mass is 9.22. The van der Waals surface area contributed by atoms with Crippen LogP contribution < -0.4 is 0 Å². The minimum atomic E-state index is -0.160. The van der Waals surface area contributed by atoms with Crippen molar-refractivity contribution in [2.75, 3.05) is 0 Å². The Kier molecular flexibility index (Phi) is 7.08. The van der Waals surface area contributed by atoms with Crippen LogP contribution in [-0.4, -0.2) is 0 Å². The fourth-order valence-corrected chi connectivity index (χ4v) is 15.1. The van der Waals surface area contributed by atoms with E-state index in [-0.39, 0.29) is 43.8 Å². The van der Waals surface area contributed by atoms with E-state index in [0.717, 1.165) is 12.8 Å². The lowest BCUT2D eigenvalue weighted by molar-refractivity contribution is -0.267. The number of rotatable bonds is 4. The number of fused-ring (bicyclic) bond motifs is 12. The largest absolute Gasteiger partial charge is 0.0805 e. The Morgan fingerprint density at radius 2 is 1.35 bits per heavy atom. The van der Waals surface area contributed by atoms with Gasteiger partial charge in [0, 0.05) is 33.0 Å². The zero-order valence-corrected chi connectivity index (χ0v) is 34.6. The average molecular weight is 719 g/mol. The Morgan fingerprint density at radius 3 is 2.11 bits per heavy atom. The molecule has 2 saturated carbocycles. The van der Waals surface area contributed by atoms with Gasteiger partial charge in [0.25, 0.3) is 0 Å². The first-order chi connectivity index (χ1) is 26.3. The van der Waals surface area contributed by atoms with Crippen LogP contribution in [0.25, 0.3) is 38.7 Å². The third-order valence-electron chi connectivity index (χ3n) is 18.7. The summed E-state index contributed by atoms with van der Waals surface area (Å²) in [5.74, 6) is 0.712. The molecule has 55 heavy (non-hydrogen) atoms. The highest BCUT2D eigenvalue weighted by Crippen LogP contribution is 2.91. The van der Waals surface area contributed by atoms with E-state index in [2.05, 4.69) is 202 Å². The molecule has 0 bridgehead atoms. The second-order valence-electron chi connectivity index (χ2n) is 19.5. The van der Waals surface area contributed by atoms with Crippen LogP contribution in [0.3, 0.4) is 0 Å². The molecule has 0 nitrogen and oxygen atoms in total. The molecule has 2 fully saturated rings. The average Bonchev–Trinajstić information content (AvgIpc) is 3.64. The molecule has 0 N–H and O–H groups in total. The Balaban J connectivity index is 1.24. The smallest absolute Gasteiger partial charge is 0.0276 e. The summed E-state index contributed by atoms with van der Waals surface area (Å²) in [6.45, 7) is 23.6. The zero-order valence-electron chi connectivity index (χ0n) is 34.6. The van der Waals surface area contributed by atoms with Crippen molar-refractivity contribution in [2.45, 2.75) is 87.5 Å². The second-order valence-corrected chi connectivity index (χ2v) is 19.5. The fourth-order valence-electron chi connectivity index (χ4n) is 15.1. The standard InChI is InChI=1S/C55H58/c1-10-20-38-34-46-43(45-33-37-22-11-12-24-40(37)41-25-13-14-26-42(41)45)27-18-28-44(46)48(38)47-29-19-32-50(4)49(3)30-15-16-31-51(49,5)55(9)52(6,54(47,50)8)35-39-23-17-21-36(2)53(39,55)7/h11-19,21-34,39,48H,10,20,35H2,1-9H3. The van der Waals surface area contributed by atoms with Crippen molar-refractivity contribution in [3.8, 4) is 11.1 Å². The maximum absolute atomic E-state index is 2.75. The molecule has 10 rings (SSSR count). The van der Waals surface area contributed by atoms with Gasteiger partial charge in [0.2, 0.25) is 0 Å². The summed E-state index contributed by atoms with van der Waals surface area (Å²) in [7, 11) is 0. The fraction of sp³-hybridized carbons (Fsp3) is 0.382. The van der Waals surface area contributed by atoms with E-state index < -0.39 is 0 Å². The van der Waals surface area contributed by atoms with E-state index in [4.69, 9.17) is 0 Å². The molecule has 0 heterocycles. The molecule has 0 amide bonds. The van der Waals surface area contributed by atoms with Gasteiger partial charge >= 0.3 is 0 Å². The first-order valence-electron chi connectivity index (χ1n) is 21.1. The lowest BCUT2D eigenvalue weighted by Crippen LogP contribution is -2.76. The predicted octanol–water partition coefficient (Wildman–Crippen LogP) is 15.2. The van der Waals surface area contributed by atoms with E-state index >= 15 is 0 Å². The SMILES string of the molecule is CCCC1=Cc2c(-c3cc4ccccc4c4ccccc34)cccc2C1C1=CC=CC2(C)C3(C)C=CC=CC3(C)C3(C)C4(C)C(C)=CC=CC4CC3(C)C12C. The summed E-state index contributed by atoms with van der Waals surface area (Å²) >= 11 is 0. The van der Waals surface area contributed by atoms with Crippen LogP contribution >= 0.6 is 0 Å². The highest BCUT2D eigenvalue weighted by atomic mass is 14.9. The molecule has 0 heteroatoms. The highest BCUT2D eigenvalue weighted by Gasteiger charge is 2.85. The van der Waals surface area contributed by atoms with Crippen LogP contribution in [0.5, 0.6) is 0 Å². The van der Waals surface area contributed by atoms with Gasteiger partial charge in [0.15, 0.2) is 0 Å². The third kappa shape index (κ3) is 3.68. The number of hydrogen-bond acceptors (Lipinski definition) is 0. The van der Waals surface area contributed by atoms with Gasteiger partial charge < -0.3 is 0 Å². The molecular weight excluding hydrogens is 661 g/mol. The predicted molar refractivity (Wildman–Crippen MR) is 236 cm³/mol. The lowest BCUT2D eigenvalue weighted by Gasteiger charge is -2.80. The monoisotopic (exact) mass is 718 g/mol. The normalized spacial score (nSPS) is 39.3. The molecule has 0 spiro atoms. The van der Waals surface area contributed by atoms with Gasteiger partial charge in [0.1, 0.15) is 0 Å². The van der Waals surface area contributed by atoms with Crippen molar-refractivity contribution < 1.29 is 0 Å². The van der Waals surface area contributed by atoms with Gasteiger partial charge in [-0.3, -0.25) is 0 Å². The molecule has 0 aliphatic heterocycles. The Labute approximate surface area is 330 Å². The first kappa shape index (κ1) is 35.0. The molecule has 0 aromatic heterocycles. The number of hydrogen-bond donors (Lipinski definition) is 0. The summed E-state index contributed by atoms with van der Waals surface area (Å²) in [5, 5.41) is 5.30. The van der Waals surface area contributed by atoms with Crippen LogP contribution in [0.15, 0.2) is 150 Å². The molecule has 4 aromatic carbocycles. The molecule has 6 aliphatic rings. The summed E-state index contributed by atoms with van der Waals surface area (Å²) < 4.78 is 0. The van der Waals surface area contributed by atoms with Crippen molar-refractivity contribution in [3.05, 3.63) is 161 Å². The van der Waals surface area contributed by atoms with Crippen LogP contribution in [0.1, 0.15) is 98.6 Å². The van der Waals surface area contributed by atoms with E-state index in [0.29, 0.717) is 5.92 Å². The van der Waals surface area contributed by atoms with Crippen LogP contribution in [0.4, 0.5) is 0 Å². The third-order valence-corrected chi connectivity index (χ3v) is 18.7. The van der Waals surface area contributed by atoms with Crippen molar-refractivity contribution in [1.82, 2.24) is 0 Å². The van der Waals surface area contributed by atoms with E-state index in [9.17, 15) is 0 Å². The highest BCUT2D eigenvalue weighted by molar-refractivity contribution is 6.14. The zero-order chi connectivity index (χ0) is 38.4. The topological polar surface area (TPSA) is 0 Å². The summed E-state index contributed by atoms with van der Waals surface area (Å²) in [4.78, 5) is 0. The molecule has 0 radical (unpaired) electrons. The molecule has 278 valence electrons. The van der Waals surface area contributed by atoms with Gasteiger partial charge in [0.05, 0.1) is 0 Å². The van der Waals surface area contributed by atoms with E-state index in [1.54, 1.807) is 16.7 Å². The van der Waals surface area contributed by atoms with Crippen molar-refractivity contribution >= 4 is 27.6 Å².